The Labute approximate surface area is 206 Å². The molecule has 8 heteroatoms. The third kappa shape index (κ3) is 3.97. The lowest BCUT2D eigenvalue weighted by molar-refractivity contribution is 0.402. The van der Waals surface area contributed by atoms with Crippen LogP contribution in [0.5, 0.6) is 5.75 Å². The number of H-pyrrole nitrogens is 2. The van der Waals surface area contributed by atoms with Gasteiger partial charge >= 0.3 is 0 Å². The number of pyridine rings is 2. The molecule has 36 heavy (non-hydrogen) atoms. The van der Waals surface area contributed by atoms with E-state index in [1.54, 1.807) is 6.07 Å². The number of fused-ring (bicyclic) bond motifs is 2. The number of halogens is 1. The van der Waals surface area contributed by atoms with Crippen molar-refractivity contribution in [1.29, 1.82) is 0 Å². The maximum absolute atomic E-state index is 14.0. The van der Waals surface area contributed by atoms with Crippen LogP contribution >= 0.6 is 0 Å². The van der Waals surface area contributed by atoms with Crippen molar-refractivity contribution >= 4 is 21.9 Å². The summed E-state index contributed by atoms with van der Waals surface area (Å²) >= 11 is 0. The maximum atomic E-state index is 14.0. The predicted octanol–water partition coefficient (Wildman–Crippen LogP) is 5.74. The molecule has 0 unspecified atom stereocenters. The van der Waals surface area contributed by atoms with Crippen molar-refractivity contribution in [2.24, 2.45) is 0 Å². The van der Waals surface area contributed by atoms with E-state index in [1.807, 2.05) is 57.0 Å². The Morgan fingerprint density at radius 3 is 2.61 bits per heavy atom. The lowest BCUT2D eigenvalue weighted by atomic mass is 10.0. The van der Waals surface area contributed by atoms with Gasteiger partial charge < -0.3 is 15.0 Å². The number of aromatic hydroxyl groups is 1. The molecule has 0 bridgehead atoms. The number of hydrogen-bond acceptors (Lipinski definition) is 5. The number of nitrogens with one attached hydrogen (secondary N) is 2. The molecule has 3 N–H and O–H groups in total. The first-order valence-corrected chi connectivity index (χ1v) is 11.5. The standard InChI is InChI=1S/C28H23FN6O/c1-35(2)15-16-6-18(13-30-12-16)19-9-24-27(33-34-28(24)31-14-19)26-11-23-22(4-3-5-25(23)32-26)17-7-20(29)10-21(36)8-17/h3-14,32,36H,15H2,1-2H3,(H,31,33,34). The lowest BCUT2D eigenvalue weighted by Crippen LogP contribution is -2.10. The highest BCUT2D eigenvalue weighted by Gasteiger charge is 2.16. The second kappa shape index (κ2) is 8.58. The quantitative estimate of drug-likeness (QED) is 0.294. The number of benzene rings is 2. The van der Waals surface area contributed by atoms with Crippen LogP contribution in [0.4, 0.5) is 4.39 Å². The van der Waals surface area contributed by atoms with E-state index in [-0.39, 0.29) is 5.75 Å². The zero-order valence-corrected chi connectivity index (χ0v) is 19.7. The number of phenolic OH excluding ortho intramolecular Hbond substituents is 1. The van der Waals surface area contributed by atoms with Crippen LogP contribution in [0.15, 0.2) is 73.2 Å². The van der Waals surface area contributed by atoms with Gasteiger partial charge in [0, 0.05) is 58.6 Å². The minimum Gasteiger partial charge on any atom is -0.508 e. The highest BCUT2D eigenvalue weighted by Crippen LogP contribution is 2.36. The van der Waals surface area contributed by atoms with Crippen LogP contribution < -0.4 is 0 Å². The van der Waals surface area contributed by atoms with E-state index in [0.717, 1.165) is 62.5 Å². The number of nitrogens with zero attached hydrogens (tertiary/aromatic N) is 4. The third-order valence-electron chi connectivity index (χ3n) is 6.16. The summed E-state index contributed by atoms with van der Waals surface area (Å²) in [5.41, 5.74) is 7.58. The predicted molar refractivity (Wildman–Crippen MR) is 139 cm³/mol. The molecule has 0 fully saturated rings. The van der Waals surface area contributed by atoms with Crippen LogP contribution in [-0.4, -0.2) is 49.3 Å². The van der Waals surface area contributed by atoms with E-state index in [4.69, 9.17) is 0 Å². The Balaban J connectivity index is 1.45. The van der Waals surface area contributed by atoms with Crippen molar-refractivity contribution in [3.8, 4) is 39.4 Å². The van der Waals surface area contributed by atoms with Crippen LogP contribution in [0.2, 0.25) is 0 Å². The molecule has 0 atom stereocenters. The van der Waals surface area contributed by atoms with Crippen molar-refractivity contribution in [2.75, 3.05) is 14.1 Å². The molecule has 4 aromatic heterocycles. The molecule has 0 radical (unpaired) electrons. The molecule has 0 aliphatic rings. The molecule has 0 spiro atoms. The largest absolute Gasteiger partial charge is 0.508 e. The normalized spacial score (nSPS) is 11.7. The zero-order valence-electron chi connectivity index (χ0n) is 19.7. The molecule has 0 amide bonds. The summed E-state index contributed by atoms with van der Waals surface area (Å²) in [5.74, 6) is -0.599. The molecule has 0 aliphatic carbocycles. The summed E-state index contributed by atoms with van der Waals surface area (Å²) in [6.45, 7) is 0.800. The van der Waals surface area contributed by atoms with E-state index in [0.29, 0.717) is 11.2 Å². The van der Waals surface area contributed by atoms with Gasteiger partial charge in [0.25, 0.3) is 0 Å². The first-order valence-electron chi connectivity index (χ1n) is 11.5. The summed E-state index contributed by atoms with van der Waals surface area (Å²) in [6, 6.07) is 16.0. The number of hydrogen-bond donors (Lipinski definition) is 3. The SMILES string of the molecule is CN(C)Cc1cncc(-c2cnc3[nH]nc(-c4cc5c(-c6cc(O)cc(F)c6)cccc5[nH]4)c3c2)c1. The summed E-state index contributed by atoms with van der Waals surface area (Å²) in [4.78, 5) is 14.5. The van der Waals surface area contributed by atoms with Crippen molar-refractivity contribution in [1.82, 2.24) is 30.0 Å². The topological polar surface area (TPSA) is 93.7 Å². The minimum absolute atomic E-state index is 0.112. The highest BCUT2D eigenvalue weighted by atomic mass is 19.1. The second-order valence-electron chi connectivity index (χ2n) is 9.16. The third-order valence-corrected chi connectivity index (χ3v) is 6.16. The van der Waals surface area contributed by atoms with Gasteiger partial charge in [0.05, 0.1) is 5.69 Å². The lowest BCUT2D eigenvalue weighted by Gasteiger charge is -2.10. The van der Waals surface area contributed by atoms with Gasteiger partial charge in [-0.25, -0.2) is 9.37 Å². The second-order valence-corrected chi connectivity index (χ2v) is 9.16. The molecule has 6 aromatic rings. The smallest absolute Gasteiger partial charge is 0.155 e. The van der Waals surface area contributed by atoms with Crippen molar-refractivity contribution < 1.29 is 9.50 Å². The van der Waals surface area contributed by atoms with Gasteiger partial charge in [0.15, 0.2) is 5.65 Å². The molecule has 2 aromatic carbocycles. The van der Waals surface area contributed by atoms with Crippen LogP contribution in [0.25, 0.3) is 55.6 Å². The molecule has 0 aliphatic heterocycles. The molecule has 178 valence electrons. The van der Waals surface area contributed by atoms with Gasteiger partial charge in [-0.05, 0) is 67.2 Å². The van der Waals surface area contributed by atoms with E-state index in [9.17, 15) is 9.50 Å². The summed E-state index contributed by atoms with van der Waals surface area (Å²) in [5, 5.41) is 19.2. The zero-order chi connectivity index (χ0) is 24.8. The van der Waals surface area contributed by atoms with Crippen LogP contribution in [0.3, 0.4) is 0 Å². The van der Waals surface area contributed by atoms with Gasteiger partial charge in [0.1, 0.15) is 17.3 Å². The number of phenols is 1. The van der Waals surface area contributed by atoms with Gasteiger partial charge in [-0.15, -0.1) is 0 Å². The first-order chi connectivity index (χ1) is 17.4. The van der Waals surface area contributed by atoms with Gasteiger partial charge in [-0.2, -0.15) is 5.10 Å². The highest BCUT2D eigenvalue weighted by molar-refractivity contribution is 6.01. The Hall–Kier alpha value is -4.56. The fourth-order valence-corrected chi connectivity index (χ4v) is 4.63. The van der Waals surface area contributed by atoms with Crippen LogP contribution in [0.1, 0.15) is 5.56 Å². The minimum atomic E-state index is -0.487. The maximum Gasteiger partial charge on any atom is 0.155 e. The Morgan fingerprint density at radius 1 is 0.917 bits per heavy atom. The number of aromatic amines is 2. The number of rotatable bonds is 5. The summed E-state index contributed by atoms with van der Waals surface area (Å²) in [6.07, 6.45) is 5.53. The van der Waals surface area contributed by atoms with E-state index >= 15 is 0 Å². The van der Waals surface area contributed by atoms with E-state index in [2.05, 4.69) is 42.2 Å². The van der Waals surface area contributed by atoms with Crippen molar-refractivity contribution in [3.05, 3.63) is 84.6 Å². The Morgan fingerprint density at radius 2 is 1.78 bits per heavy atom. The monoisotopic (exact) mass is 478 g/mol. The van der Waals surface area contributed by atoms with E-state index < -0.39 is 5.82 Å². The molecule has 4 heterocycles. The molecular formula is C28H23FN6O. The van der Waals surface area contributed by atoms with Crippen molar-refractivity contribution in [3.63, 3.8) is 0 Å². The van der Waals surface area contributed by atoms with Crippen LogP contribution in [0, 0.1) is 5.82 Å². The average Bonchev–Trinajstić information content (AvgIpc) is 3.46. The Bertz CT molecular complexity index is 1720. The van der Waals surface area contributed by atoms with E-state index in [1.165, 1.54) is 6.07 Å². The number of aromatic nitrogens is 5. The molecular weight excluding hydrogens is 455 g/mol. The van der Waals surface area contributed by atoms with Gasteiger partial charge in [-0.1, -0.05) is 12.1 Å². The molecule has 0 saturated heterocycles. The van der Waals surface area contributed by atoms with Crippen molar-refractivity contribution in [2.45, 2.75) is 6.54 Å². The molecule has 6 rings (SSSR count). The fraction of sp³-hybridized carbons (Fsp3) is 0.107. The Kier molecular flexibility index (Phi) is 5.23. The summed E-state index contributed by atoms with van der Waals surface area (Å²) in [7, 11) is 4.06. The summed E-state index contributed by atoms with van der Waals surface area (Å²) < 4.78 is 14.0. The van der Waals surface area contributed by atoms with Gasteiger partial charge in [0.2, 0.25) is 0 Å². The van der Waals surface area contributed by atoms with Gasteiger partial charge in [-0.3, -0.25) is 10.1 Å². The first kappa shape index (κ1) is 21.9. The molecule has 7 nitrogen and oxygen atoms in total. The average molecular weight is 479 g/mol. The fourth-order valence-electron chi connectivity index (χ4n) is 4.63. The molecule has 0 saturated carbocycles. The van der Waals surface area contributed by atoms with Crippen LogP contribution in [-0.2, 0) is 6.54 Å².